The fourth-order valence-corrected chi connectivity index (χ4v) is 5.50. The standard InChI is InChI=1S/C33H38N2O4/c36-29(25-39-32-13-7-4-10-28(32)14-15-33(37)35-20-22-38-23-21-35)24-34-18-16-27(17-19-34)31-12-6-5-11-30(31)26-8-2-1-3-9-26/h1-15,27,29,36H,16-25H2/t29-/m0/s1. The van der Waals surface area contributed by atoms with E-state index in [-0.39, 0.29) is 12.5 Å². The first-order valence-electron chi connectivity index (χ1n) is 14.0. The molecule has 0 aliphatic carbocycles. The second-order valence-corrected chi connectivity index (χ2v) is 10.3. The highest BCUT2D eigenvalue weighted by Crippen LogP contribution is 2.35. The van der Waals surface area contributed by atoms with E-state index in [9.17, 15) is 9.90 Å². The van der Waals surface area contributed by atoms with Gasteiger partial charge in [0.2, 0.25) is 5.91 Å². The van der Waals surface area contributed by atoms with Crippen LogP contribution in [-0.4, -0.2) is 79.5 Å². The highest BCUT2D eigenvalue weighted by Gasteiger charge is 2.24. The molecule has 1 amide bonds. The zero-order valence-corrected chi connectivity index (χ0v) is 22.5. The van der Waals surface area contributed by atoms with E-state index in [0.29, 0.717) is 44.5 Å². The van der Waals surface area contributed by atoms with E-state index in [1.807, 2.05) is 24.3 Å². The van der Waals surface area contributed by atoms with Crippen LogP contribution in [0.5, 0.6) is 5.75 Å². The Kier molecular flexibility index (Phi) is 9.43. The van der Waals surface area contributed by atoms with E-state index in [0.717, 1.165) is 31.5 Å². The number of aliphatic hydroxyl groups excluding tert-OH is 1. The minimum absolute atomic E-state index is 0.0251. The molecular formula is C33H38N2O4. The zero-order valence-electron chi connectivity index (χ0n) is 22.5. The van der Waals surface area contributed by atoms with Crippen LogP contribution in [0, 0.1) is 0 Å². The van der Waals surface area contributed by atoms with Crippen molar-refractivity contribution in [1.29, 1.82) is 0 Å². The summed E-state index contributed by atoms with van der Waals surface area (Å²) < 4.78 is 11.3. The minimum atomic E-state index is -0.592. The fraction of sp³-hybridized carbons (Fsp3) is 0.364. The number of amides is 1. The fourth-order valence-electron chi connectivity index (χ4n) is 5.50. The SMILES string of the molecule is O=C(C=Cc1ccccc1OC[C@@H](O)CN1CCC(c2ccccc2-c2ccccc2)CC1)N1CCOCC1. The minimum Gasteiger partial charge on any atom is -0.490 e. The Morgan fingerprint density at radius 1 is 0.923 bits per heavy atom. The lowest BCUT2D eigenvalue weighted by Gasteiger charge is -2.34. The first kappa shape index (κ1) is 27.1. The Hall–Kier alpha value is -3.45. The molecule has 0 bridgehead atoms. The summed E-state index contributed by atoms with van der Waals surface area (Å²) in [5, 5.41) is 10.8. The lowest BCUT2D eigenvalue weighted by atomic mass is 9.84. The molecule has 2 fully saturated rings. The van der Waals surface area contributed by atoms with E-state index < -0.39 is 6.10 Å². The number of para-hydroxylation sites is 1. The smallest absolute Gasteiger partial charge is 0.246 e. The number of likely N-dealkylation sites (tertiary alicyclic amines) is 1. The normalized spacial score (nSPS) is 17.8. The lowest BCUT2D eigenvalue weighted by Crippen LogP contribution is -2.40. The van der Waals surface area contributed by atoms with Crippen molar-refractivity contribution in [2.24, 2.45) is 0 Å². The number of β-amino-alcohol motifs (C(OH)–C–C–N with tert-alkyl or cyclic N) is 1. The maximum absolute atomic E-state index is 12.5. The maximum Gasteiger partial charge on any atom is 0.246 e. The van der Waals surface area contributed by atoms with Gasteiger partial charge in [-0.2, -0.15) is 0 Å². The molecule has 2 saturated heterocycles. The molecule has 5 rings (SSSR count). The van der Waals surface area contributed by atoms with Gasteiger partial charge in [-0.05, 0) is 60.7 Å². The summed E-state index contributed by atoms with van der Waals surface area (Å²) in [4.78, 5) is 16.6. The molecule has 39 heavy (non-hydrogen) atoms. The molecule has 3 aromatic rings. The molecule has 3 aromatic carbocycles. The number of rotatable bonds is 9. The first-order chi connectivity index (χ1) is 19.2. The molecule has 1 atom stereocenters. The monoisotopic (exact) mass is 526 g/mol. The molecule has 2 aliphatic rings. The van der Waals surface area contributed by atoms with Crippen molar-refractivity contribution in [2.75, 3.05) is 52.5 Å². The summed E-state index contributed by atoms with van der Waals surface area (Å²) in [7, 11) is 0. The van der Waals surface area contributed by atoms with Crippen molar-refractivity contribution in [1.82, 2.24) is 9.80 Å². The summed E-state index contributed by atoms with van der Waals surface area (Å²) in [6.45, 7) is 5.08. The molecule has 2 heterocycles. The number of nitrogens with zero attached hydrogens (tertiary/aromatic N) is 2. The number of aliphatic hydroxyl groups is 1. The van der Waals surface area contributed by atoms with Gasteiger partial charge in [0, 0.05) is 31.3 Å². The van der Waals surface area contributed by atoms with Crippen molar-refractivity contribution in [3.05, 3.63) is 96.1 Å². The molecule has 6 nitrogen and oxygen atoms in total. The molecule has 1 N–H and O–H groups in total. The second-order valence-electron chi connectivity index (χ2n) is 10.3. The maximum atomic E-state index is 12.5. The average Bonchev–Trinajstić information content (AvgIpc) is 3.00. The first-order valence-corrected chi connectivity index (χ1v) is 14.0. The molecule has 0 unspecified atom stereocenters. The number of benzene rings is 3. The van der Waals surface area contributed by atoms with Crippen LogP contribution in [0.2, 0.25) is 0 Å². The van der Waals surface area contributed by atoms with Gasteiger partial charge in [0.05, 0.1) is 13.2 Å². The Morgan fingerprint density at radius 3 is 2.41 bits per heavy atom. The predicted octanol–water partition coefficient (Wildman–Crippen LogP) is 4.84. The van der Waals surface area contributed by atoms with Gasteiger partial charge in [0.1, 0.15) is 18.5 Å². The van der Waals surface area contributed by atoms with Crippen LogP contribution in [0.1, 0.15) is 29.9 Å². The lowest BCUT2D eigenvalue weighted by molar-refractivity contribution is -0.129. The van der Waals surface area contributed by atoms with Crippen molar-refractivity contribution in [2.45, 2.75) is 24.9 Å². The van der Waals surface area contributed by atoms with Gasteiger partial charge < -0.3 is 24.4 Å². The van der Waals surface area contributed by atoms with Crippen LogP contribution in [-0.2, 0) is 9.53 Å². The van der Waals surface area contributed by atoms with Gasteiger partial charge >= 0.3 is 0 Å². The highest BCUT2D eigenvalue weighted by molar-refractivity contribution is 5.92. The van der Waals surface area contributed by atoms with E-state index in [4.69, 9.17) is 9.47 Å². The number of hydrogen-bond acceptors (Lipinski definition) is 5. The van der Waals surface area contributed by atoms with E-state index in [1.54, 1.807) is 17.1 Å². The van der Waals surface area contributed by atoms with Crippen molar-refractivity contribution in [3.8, 4) is 16.9 Å². The summed E-state index contributed by atoms with van der Waals surface area (Å²) in [6, 6.07) is 27.0. The van der Waals surface area contributed by atoms with E-state index in [2.05, 4.69) is 59.5 Å². The van der Waals surface area contributed by atoms with E-state index in [1.165, 1.54) is 16.7 Å². The van der Waals surface area contributed by atoms with Crippen LogP contribution in [0.4, 0.5) is 0 Å². The van der Waals surface area contributed by atoms with Gasteiger partial charge in [0.25, 0.3) is 0 Å². The number of piperidine rings is 1. The van der Waals surface area contributed by atoms with Crippen LogP contribution in [0.15, 0.2) is 84.9 Å². The molecule has 2 aliphatic heterocycles. The summed E-state index contributed by atoms with van der Waals surface area (Å²) in [5.74, 6) is 1.16. The predicted molar refractivity (Wildman–Crippen MR) is 155 cm³/mol. The zero-order chi connectivity index (χ0) is 26.9. The van der Waals surface area contributed by atoms with Gasteiger partial charge in [-0.25, -0.2) is 0 Å². The largest absolute Gasteiger partial charge is 0.490 e. The van der Waals surface area contributed by atoms with Crippen LogP contribution in [0.25, 0.3) is 17.2 Å². The molecule has 0 radical (unpaired) electrons. The van der Waals surface area contributed by atoms with Gasteiger partial charge in [-0.1, -0.05) is 72.8 Å². The Morgan fingerprint density at radius 2 is 1.62 bits per heavy atom. The van der Waals surface area contributed by atoms with Crippen molar-refractivity contribution in [3.63, 3.8) is 0 Å². The third-order valence-corrected chi connectivity index (χ3v) is 7.62. The Bertz CT molecular complexity index is 1230. The van der Waals surface area contributed by atoms with Crippen molar-refractivity contribution >= 4 is 12.0 Å². The topological polar surface area (TPSA) is 62.2 Å². The van der Waals surface area contributed by atoms with Crippen LogP contribution in [0.3, 0.4) is 0 Å². The van der Waals surface area contributed by atoms with Crippen LogP contribution >= 0.6 is 0 Å². The highest BCUT2D eigenvalue weighted by atomic mass is 16.5. The third kappa shape index (κ3) is 7.35. The van der Waals surface area contributed by atoms with Crippen molar-refractivity contribution < 1.29 is 19.4 Å². The van der Waals surface area contributed by atoms with Gasteiger partial charge in [-0.15, -0.1) is 0 Å². The summed E-state index contributed by atoms with van der Waals surface area (Å²) >= 11 is 0. The molecular weight excluding hydrogens is 488 g/mol. The molecule has 0 aromatic heterocycles. The number of hydrogen-bond donors (Lipinski definition) is 1. The van der Waals surface area contributed by atoms with Gasteiger partial charge in [0.15, 0.2) is 0 Å². The Balaban J connectivity index is 1.11. The molecule has 6 heteroatoms. The number of morpholine rings is 1. The number of carbonyl (C=O) groups excluding carboxylic acids is 1. The number of carbonyl (C=O) groups is 1. The summed E-state index contributed by atoms with van der Waals surface area (Å²) in [5.41, 5.74) is 4.83. The molecule has 0 saturated carbocycles. The average molecular weight is 527 g/mol. The summed E-state index contributed by atoms with van der Waals surface area (Å²) in [6.07, 6.45) is 4.93. The van der Waals surface area contributed by atoms with E-state index >= 15 is 0 Å². The number of ether oxygens (including phenoxy) is 2. The third-order valence-electron chi connectivity index (χ3n) is 7.62. The Labute approximate surface area is 231 Å². The quantitative estimate of drug-likeness (QED) is 0.404. The molecule has 204 valence electrons. The van der Waals surface area contributed by atoms with Crippen LogP contribution < -0.4 is 4.74 Å². The second kappa shape index (κ2) is 13.6. The van der Waals surface area contributed by atoms with Gasteiger partial charge in [-0.3, -0.25) is 4.79 Å². The molecule has 0 spiro atoms.